The molecule has 3 rings (SSSR count). The Labute approximate surface area is 201 Å². The van der Waals surface area contributed by atoms with Crippen molar-refractivity contribution in [3.63, 3.8) is 0 Å². The average Bonchev–Trinajstić information content (AvgIpc) is 3.18. The molecule has 0 aliphatic rings. The van der Waals surface area contributed by atoms with Gasteiger partial charge in [0.2, 0.25) is 5.91 Å². The number of carbonyl (C=O) groups is 1. The van der Waals surface area contributed by atoms with Crippen molar-refractivity contribution in [3.05, 3.63) is 65.0 Å². The lowest BCUT2D eigenvalue weighted by Crippen LogP contribution is -2.15. The quantitative estimate of drug-likeness (QED) is 0.362. The van der Waals surface area contributed by atoms with Crippen LogP contribution >= 0.6 is 11.8 Å². The van der Waals surface area contributed by atoms with E-state index in [2.05, 4.69) is 68.3 Å². The van der Waals surface area contributed by atoms with E-state index in [0.29, 0.717) is 25.0 Å². The first-order valence-electron chi connectivity index (χ1n) is 11.5. The Hall–Kier alpha value is -2.80. The van der Waals surface area contributed by atoms with Crippen molar-refractivity contribution < 1.29 is 9.53 Å². The third-order valence-electron chi connectivity index (χ3n) is 5.45. The molecule has 1 N–H and O–H groups in total. The van der Waals surface area contributed by atoms with E-state index in [1.54, 1.807) is 0 Å². The predicted octanol–water partition coefficient (Wildman–Crippen LogP) is 6.16. The van der Waals surface area contributed by atoms with Crippen molar-refractivity contribution in [2.75, 3.05) is 11.1 Å². The van der Waals surface area contributed by atoms with Gasteiger partial charge in [-0.1, -0.05) is 63.7 Å². The smallest absolute Gasteiger partial charge is 0.234 e. The van der Waals surface area contributed by atoms with Gasteiger partial charge in [-0.15, -0.1) is 10.2 Å². The number of nitrogens with one attached hydrogen (secondary N) is 1. The molecule has 33 heavy (non-hydrogen) atoms. The first kappa shape index (κ1) is 24.8. The van der Waals surface area contributed by atoms with Crippen LogP contribution in [-0.4, -0.2) is 26.4 Å². The third kappa shape index (κ3) is 6.60. The van der Waals surface area contributed by atoms with Gasteiger partial charge in [-0.25, -0.2) is 0 Å². The fraction of sp³-hybridized carbons (Fsp3) is 0.423. The van der Waals surface area contributed by atoms with Crippen molar-refractivity contribution in [2.45, 2.75) is 71.7 Å². The molecule has 0 fully saturated rings. The number of carbonyl (C=O) groups excluding carboxylic acids is 1. The van der Waals surface area contributed by atoms with Crippen LogP contribution in [-0.2, 0) is 17.9 Å². The van der Waals surface area contributed by atoms with Crippen LogP contribution in [0.15, 0.2) is 47.6 Å². The predicted molar refractivity (Wildman–Crippen MR) is 135 cm³/mol. The van der Waals surface area contributed by atoms with Crippen LogP contribution in [0.2, 0.25) is 0 Å². The van der Waals surface area contributed by atoms with Crippen LogP contribution in [0, 0.1) is 6.92 Å². The average molecular weight is 467 g/mol. The van der Waals surface area contributed by atoms with Gasteiger partial charge >= 0.3 is 0 Å². The standard InChI is InChI=1S/C26H34N4O2S/c1-7-30-24(15-32-23-14-19(6)8-13-22(23)18(4)5)28-29-26(30)33-16-25(31)27-21-11-9-20(10-12-21)17(2)3/h8-14,17-18H,7,15-16H2,1-6H3,(H,27,31). The van der Waals surface area contributed by atoms with E-state index >= 15 is 0 Å². The molecule has 6 nitrogen and oxygen atoms in total. The molecule has 0 unspecified atom stereocenters. The molecule has 1 amide bonds. The van der Waals surface area contributed by atoms with E-state index in [0.717, 1.165) is 28.0 Å². The number of thioether (sulfide) groups is 1. The summed E-state index contributed by atoms with van der Waals surface area (Å²) in [6.45, 7) is 13.8. The summed E-state index contributed by atoms with van der Waals surface area (Å²) in [6, 6.07) is 14.3. The van der Waals surface area contributed by atoms with Gasteiger partial charge in [0.05, 0.1) is 5.75 Å². The summed E-state index contributed by atoms with van der Waals surface area (Å²) in [4.78, 5) is 12.4. The number of amides is 1. The van der Waals surface area contributed by atoms with E-state index in [-0.39, 0.29) is 11.7 Å². The molecule has 1 aromatic heterocycles. The number of anilines is 1. The second kappa shape index (κ2) is 11.4. The van der Waals surface area contributed by atoms with Gasteiger partial charge in [0.15, 0.2) is 11.0 Å². The monoisotopic (exact) mass is 466 g/mol. The van der Waals surface area contributed by atoms with Crippen molar-refractivity contribution in [1.82, 2.24) is 14.8 Å². The zero-order valence-electron chi connectivity index (χ0n) is 20.4. The fourth-order valence-electron chi connectivity index (χ4n) is 3.51. The summed E-state index contributed by atoms with van der Waals surface area (Å²) >= 11 is 1.38. The Balaban J connectivity index is 1.60. The SMILES string of the molecule is CCn1c(COc2cc(C)ccc2C(C)C)nnc1SCC(=O)Nc1ccc(C(C)C)cc1. The highest BCUT2D eigenvalue weighted by molar-refractivity contribution is 7.99. The maximum absolute atomic E-state index is 12.4. The molecule has 0 atom stereocenters. The number of rotatable bonds is 10. The lowest BCUT2D eigenvalue weighted by Gasteiger charge is -2.15. The highest BCUT2D eigenvalue weighted by Gasteiger charge is 2.15. The Morgan fingerprint density at radius 1 is 1.06 bits per heavy atom. The van der Waals surface area contributed by atoms with Gasteiger partial charge in [-0.05, 0) is 60.6 Å². The Kier molecular flexibility index (Phi) is 8.55. The lowest BCUT2D eigenvalue weighted by molar-refractivity contribution is -0.113. The number of hydrogen-bond donors (Lipinski definition) is 1. The highest BCUT2D eigenvalue weighted by atomic mass is 32.2. The number of aryl methyl sites for hydroxylation is 1. The fourth-order valence-corrected chi connectivity index (χ4v) is 4.34. The topological polar surface area (TPSA) is 69.0 Å². The van der Waals surface area contributed by atoms with E-state index in [1.807, 2.05) is 35.8 Å². The van der Waals surface area contributed by atoms with E-state index in [4.69, 9.17) is 4.74 Å². The molecule has 0 aliphatic carbocycles. The molecule has 0 saturated heterocycles. The van der Waals surface area contributed by atoms with Crippen LogP contribution in [0.25, 0.3) is 0 Å². The maximum atomic E-state index is 12.4. The van der Waals surface area contributed by atoms with E-state index in [1.165, 1.54) is 22.9 Å². The molecule has 0 spiro atoms. The second-order valence-electron chi connectivity index (χ2n) is 8.74. The maximum Gasteiger partial charge on any atom is 0.234 e. The van der Waals surface area contributed by atoms with Crippen molar-refractivity contribution in [1.29, 1.82) is 0 Å². The first-order valence-corrected chi connectivity index (χ1v) is 12.4. The van der Waals surface area contributed by atoms with Crippen LogP contribution in [0.5, 0.6) is 5.75 Å². The zero-order valence-corrected chi connectivity index (χ0v) is 21.2. The summed E-state index contributed by atoms with van der Waals surface area (Å²) in [5.41, 5.74) is 4.39. The van der Waals surface area contributed by atoms with Gasteiger partial charge in [0.1, 0.15) is 12.4 Å². The Morgan fingerprint density at radius 3 is 2.42 bits per heavy atom. The van der Waals surface area contributed by atoms with Crippen LogP contribution in [0.4, 0.5) is 5.69 Å². The Bertz CT molecular complexity index is 1070. The molecular weight excluding hydrogens is 432 g/mol. The number of nitrogens with zero attached hydrogens (tertiary/aromatic N) is 3. The second-order valence-corrected chi connectivity index (χ2v) is 9.68. The number of ether oxygens (including phenoxy) is 1. The summed E-state index contributed by atoms with van der Waals surface area (Å²) < 4.78 is 8.14. The van der Waals surface area contributed by atoms with Gasteiger partial charge in [0, 0.05) is 12.2 Å². The minimum atomic E-state index is -0.0675. The van der Waals surface area contributed by atoms with Gasteiger partial charge < -0.3 is 14.6 Å². The van der Waals surface area contributed by atoms with Gasteiger partial charge in [-0.3, -0.25) is 4.79 Å². The molecular formula is C26H34N4O2S. The summed E-state index contributed by atoms with van der Waals surface area (Å²) in [5, 5.41) is 12.3. The van der Waals surface area contributed by atoms with Gasteiger partial charge in [0.25, 0.3) is 0 Å². The summed E-state index contributed by atoms with van der Waals surface area (Å²) in [6.07, 6.45) is 0. The highest BCUT2D eigenvalue weighted by Crippen LogP contribution is 2.28. The van der Waals surface area contributed by atoms with Crippen LogP contribution in [0.1, 0.15) is 69.0 Å². The van der Waals surface area contributed by atoms with Crippen molar-refractivity contribution >= 4 is 23.4 Å². The van der Waals surface area contributed by atoms with E-state index in [9.17, 15) is 4.79 Å². The van der Waals surface area contributed by atoms with Crippen molar-refractivity contribution in [3.8, 4) is 5.75 Å². The third-order valence-corrected chi connectivity index (χ3v) is 6.42. The number of aromatic nitrogens is 3. The molecule has 0 bridgehead atoms. The summed E-state index contributed by atoms with van der Waals surface area (Å²) in [7, 11) is 0. The lowest BCUT2D eigenvalue weighted by atomic mass is 10.0. The normalized spacial score (nSPS) is 11.3. The van der Waals surface area contributed by atoms with Gasteiger partial charge in [-0.2, -0.15) is 0 Å². The molecule has 2 aromatic carbocycles. The van der Waals surface area contributed by atoms with Crippen LogP contribution < -0.4 is 10.1 Å². The van der Waals surface area contributed by atoms with Crippen LogP contribution in [0.3, 0.4) is 0 Å². The Morgan fingerprint density at radius 2 is 1.79 bits per heavy atom. The molecule has 0 saturated carbocycles. The first-order chi connectivity index (χ1) is 15.8. The molecule has 7 heteroatoms. The number of hydrogen-bond acceptors (Lipinski definition) is 5. The van der Waals surface area contributed by atoms with E-state index < -0.39 is 0 Å². The number of benzene rings is 2. The molecule has 3 aromatic rings. The molecule has 0 aliphatic heterocycles. The van der Waals surface area contributed by atoms with Crippen molar-refractivity contribution in [2.24, 2.45) is 0 Å². The minimum absolute atomic E-state index is 0.0675. The molecule has 0 radical (unpaired) electrons. The molecule has 176 valence electrons. The largest absolute Gasteiger partial charge is 0.485 e. The zero-order chi connectivity index (χ0) is 24.0. The molecule has 1 heterocycles. The minimum Gasteiger partial charge on any atom is -0.485 e. The summed E-state index contributed by atoms with van der Waals surface area (Å²) in [5.74, 6) is 2.67.